The minimum Gasteiger partial charge on any atom is -0.452 e. The number of carbonyl (C=O) groups excluding carboxylic acids is 1. The van der Waals surface area contributed by atoms with Crippen molar-refractivity contribution in [3.05, 3.63) is 58.5 Å². The maximum Gasteiger partial charge on any atom is 0.258 e. The highest BCUT2D eigenvalue weighted by molar-refractivity contribution is 6.32. The zero-order chi connectivity index (χ0) is 14.0. The van der Waals surface area contributed by atoms with Crippen molar-refractivity contribution in [1.82, 2.24) is 4.90 Å². The molecule has 0 bridgehead atoms. The van der Waals surface area contributed by atoms with Gasteiger partial charge in [-0.1, -0.05) is 6.07 Å². The van der Waals surface area contributed by atoms with E-state index in [1.807, 2.05) is 0 Å². The van der Waals surface area contributed by atoms with Gasteiger partial charge in [-0.25, -0.2) is 8.78 Å². The molecule has 0 unspecified atom stereocenters. The average molecular weight is 286 g/mol. The van der Waals surface area contributed by atoms with Crippen LogP contribution in [0, 0.1) is 11.6 Å². The molecule has 0 atom stereocenters. The van der Waals surface area contributed by atoms with Crippen LogP contribution < -0.4 is 0 Å². The van der Waals surface area contributed by atoms with Crippen molar-refractivity contribution < 1.29 is 18.0 Å². The predicted octanol–water partition coefficient (Wildman–Crippen LogP) is 3.48. The molecule has 0 radical (unpaired) electrons. The van der Waals surface area contributed by atoms with Crippen LogP contribution in [0.2, 0.25) is 5.22 Å². The van der Waals surface area contributed by atoms with Crippen molar-refractivity contribution in [2.45, 2.75) is 6.54 Å². The summed E-state index contributed by atoms with van der Waals surface area (Å²) in [5, 5.41) is 0.00198. The average Bonchev–Trinajstić information content (AvgIpc) is 2.79. The van der Waals surface area contributed by atoms with Gasteiger partial charge in [-0.05, 0) is 35.4 Å². The van der Waals surface area contributed by atoms with Gasteiger partial charge in [-0.15, -0.1) is 0 Å². The summed E-state index contributed by atoms with van der Waals surface area (Å²) in [7, 11) is 1.53. The van der Waals surface area contributed by atoms with Gasteiger partial charge in [0.2, 0.25) is 5.22 Å². The van der Waals surface area contributed by atoms with Gasteiger partial charge in [0.1, 0.15) is 0 Å². The summed E-state index contributed by atoms with van der Waals surface area (Å²) in [6.45, 7) is 0.136. The third kappa shape index (κ3) is 2.93. The molecule has 19 heavy (non-hydrogen) atoms. The van der Waals surface area contributed by atoms with Gasteiger partial charge >= 0.3 is 0 Å². The van der Waals surface area contributed by atoms with Crippen LogP contribution in [-0.4, -0.2) is 17.9 Å². The maximum absolute atomic E-state index is 13.1. The molecule has 1 heterocycles. The molecule has 1 amide bonds. The fraction of sp³-hybridized carbons (Fsp3) is 0.154. The highest BCUT2D eigenvalue weighted by Crippen LogP contribution is 2.19. The van der Waals surface area contributed by atoms with E-state index in [0.717, 1.165) is 12.1 Å². The number of hydrogen-bond donors (Lipinski definition) is 0. The second kappa shape index (κ2) is 5.40. The third-order valence-electron chi connectivity index (χ3n) is 2.60. The molecule has 3 nitrogen and oxygen atoms in total. The summed E-state index contributed by atoms with van der Waals surface area (Å²) in [6.07, 6.45) is 1.31. The third-order valence-corrected chi connectivity index (χ3v) is 2.89. The van der Waals surface area contributed by atoms with E-state index in [1.165, 1.54) is 30.3 Å². The highest BCUT2D eigenvalue weighted by atomic mass is 35.5. The molecule has 0 saturated carbocycles. The minimum atomic E-state index is -0.945. The summed E-state index contributed by atoms with van der Waals surface area (Å²) in [5.74, 6) is -2.22. The Morgan fingerprint density at radius 1 is 1.32 bits per heavy atom. The second-order valence-electron chi connectivity index (χ2n) is 4.02. The van der Waals surface area contributed by atoms with Gasteiger partial charge in [-0.3, -0.25) is 4.79 Å². The maximum atomic E-state index is 13.1. The van der Waals surface area contributed by atoms with E-state index in [1.54, 1.807) is 0 Å². The molecular weight excluding hydrogens is 276 g/mol. The number of hydrogen-bond acceptors (Lipinski definition) is 2. The molecule has 100 valence electrons. The standard InChI is InChI=1S/C13H10ClF2NO2/c1-17(13(18)9-4-5-19-12(9)14)7-8-2-3-10(15)11(16)6-8/h2-6H,7H2,1H3. The summed E-state index contributed by atoms with van der Waals surface area (Å²) < 4.78 is 30.7. The van der Waals surface area contributed by atoms with Crippen molar-refractivity contribution in [3.8, 4) is 0 Å². The Hall–Kier alpha value is -1.88. The van der Waals surface area contributed by atoms with Crippen LogP contribution in [-0.2, 0) is 6.54 Å². The van der Waals surface area contributed by atoms with Gasteiger partial charge in [0.05, 0.1) is 11.8 Å². The summed E-state index contributed by atoms with van der Waals surface area (Å²) in [4.78, 5) is 13.3. The first-order valence-electron chi connectivity index (χ1n) is 5.41. The lowest BCUT2D eigenvalue weighted by Crippen LogP contribution is -2.26. The first-order valence-corrected chi connectivity index (χ1v) is 5.79. The normalized spacial score (nSPS) is 10.5. The number of furan rings is 1. The first-order chi connectivity index (χ1) is 8.99. The zero-order valence-corrected chi connectivity index (χ0v) is 10.7. The van der Waals surface area contributed by atoms with Gasteiger partial charge in [0.15, 0.2) is 11.6 Å². The lowest BCUT2D eigenvalue weighted by Gasteiger charge is -2.16. The van der Waals surface area contributed by atoms with Gasteiger partial charge in [-0.2, -0.15) is 0 Å². The number of halogens is 3. The van der Waals surface area contributed by atoms with E-state index in [0.29, 0.717) is 5.56 Å². The molecular formula is C13H10ClF2NO2. The molecule has 0 saturated heterocycles. The lowest BCUT2D eigenvalue weighted by molar-refractivity contribution is 0.0784. The molecule has 0 spiro atoms. The van der Waals surface area contributed by atoms with E-state index < -0.39 is 11.6 Å². The van der Waals surface area contributed by atoms with E-state index in [2.05, 4.69) is 0 Å². The van der Waals surface area contributed by atoms with E-state index in [4.69, 9.17) is 16.0 Å². The quantitative estimate of drug-likeness (QED) is 0.865. The Kier molecular flexibility index (Phi) is 3.85. The van der Waals surface area contributed by atoms with Crippen molar-refractivity contribution in [3.63, 3.8) is 0 Å². The minimum absolute atomic E-state index is 0.00198. The fourth-order valence-corrected chi connectivity index (χ4v) is 1.83. The summed E-state index contributed by atoms with van der Waals surface area (Å²) in [5.41, 5.74) is 0.709. The first kappa shape index (κ1) is 13.5. The molecule has 1 aromatic heterocycles. The van der Waals surface area contributed by atoms with E-state index >= 15 is 0 Å². The molecule has 0 aliphatic carbocycles. The molecule has 0 N–H and O–H groups in total. The number of carbonyl (C=O) groups is 1. The Morgan fingerprint density at radius 3 is 2.63 bits per heavy atom. The Labute approximate surface area is 113 Å². The molecule has 0 fully saturated rings. The van der Waals surface area contributed by atoms with Gasteiger partial charge < -0.3 is 9.32 Å². The molecule has 0 aliphatic heterocycles. The van der Waals surface area contributed by atoms with Crippen LogP contribution in [0.25, 0.3) is 0 Å². The Balaban J connectivity index is 2.13. The van der Waals surface area contributed by atoms with Crippen LogP contribution in [0.15, 0.2) is 34.9 Å². The number of benzene rings is 1. The lowest BCUT2D eigenvalue weighted by atomic mass is 10.2. The van der Waals surface area contributed by atoms with Crippen LogP contribution in [0.4, 0.5) is 8.78 Å². The number of nitrogens with zero attached hydrogens (tertiary/aromatic N) is 1. The van der Waals surface area contributed by atoms with Crippen molar-refractivity contribution in [2.75, 3.05) is 7.05 Å². The SMILES string of the molecule is CN(Cc1ccc(F)c(F)c1)C(=O)c1ccoc1Cl. The molecule has 1 aromatic carbocycles. The second-order valence-corrected chi connectivity index (χ2v) is 4.36. The summed E-state index contributed by atoms with van der Waals surface area (Å²) in [6, 6.07) is 4.94. The fourth-order valence-electron chi connectivity index (χ4n) is 1.64. The monoisotopic (exact) mass is 285 g/mol. The summed E-state index contributed by atoms with van der Waals surface area (Å²) >= 11 is 5.70. The molecule has 2 aromatic rings. The van der Waals surface area contributed by atoms with Crippen molar-refractivity contribution >= 4 is 17.5 Å². The molecule has 6 heteroatoms. The van der Waals surface area contributed by atoms with Crippen LogP contribution in [0.1, 0.15) is 15.9 Å². The van der Waals surface area contributed by atoms with Crippen LogP contribution >= 0.6 is 11.6 Å². The molecule has 2 rings (SSSR count). The molecule has 0 aliphatic rings. The van der Waals surface area contributed by atoms with E-state index in [-0.39, 0.29) is 23.2 Å². The van der Waals surface area contributed by atoms with Crippen LogP contribution in [0.3, 0.4) is 0 Å². The number of amides is 1. The predicted molar refractivity (Wildman–Crippen MR) is 65.9 cm³/mol. The zero-order valence-electron chi connectivity index (χ0n) is 9.99. The van der Waals surface area contributed by atoms with Gasteiger partial charge in [0, 0.05) is 13.6 Å². The van der Waals surface area contributed by atoms with Crippen LogP contribution in [0.5, 0.6) is 0 Å². The van der Waals surface area contributed by atoms with E-state index in [9.17, 15) is 13.6 Å². The Morgan fingerprint density at radius 2 is 2.05 bits per heavy atom. The topological polar surface area (TPSA) is 33.5 Å². The number of rotatable bonds is 3. The smallest absolute Gasteiger partial charge is 0.258 e. The van der Waals surface area contributed by atoms with Gasteiger partial charge in [0.25, 0.3) is 5.91 Å². The highest BCUT2D eigenvalue weighted by Gasteiger charge is 2.17. The van der Waals surface area contributed by atoms with Crippen molar-refractivity contribution in [2.24, 2.45) is 0 Å². The largest absolute Gasteiger partial charge is 0.452 e. The Bertz CT molecular complexity index is 612. The van der Waals surface area contributed by atoms with Crippen molar-refractivity contribution in [1.29, 1.82) is 0 Å².